The quantitative estimate of drug-likeness (QED) is 0.837. The zero-order valence-corrected chi connectivity index (χ0v) is 13.4. The van der Waals surface area contributed by atoms with Gasteiger partial charge >= 0.3 is 6.03 Å². The first-order valence-corrected chi connectivity index (χ1v) is 7.88. The number of halogens is 2. The van der Waals surface area contributed by atoms with E-state index >= 15 is 0 Å². The summed E-state index contributed by atoms with van der Waals surface area (Å²) in [5.74, 6) is -0.288. The fraction of sp³-hybridized carbons (Fsp3) is 0.375. The van der Waals surface area contributed by atoms with Crippen LogP contribution in [-0.4, -0.2) is 45.4 Å². The molecule has 1 aromatic heterocycles. The molecule has 1 aromatic carbocycles. The van der Waals surface area contributed by atoms with E-state index in [-0.39, 0.29) is 11.9 Å². The van der Waals surface area contributed by atoms with Crippen molar-refractivity contribution in [1.82, 2.24) is 20.0 Å². The maximum absolute atomic E-state index is 13.5. The van der Waals surface area contributed by atoms with Crippen LogP contribution in [0.15, 0.2) is 27.8 Å². The van der Waals surface area contributed by atoms with E-state index in [9.17, 15) is 13.6 Å². The van der Waals surface area contributed by atoms with Crippen molar-refractivity contribution in [2.45, 2.75) is 25.3 Å². The van der Waals surface area contributed by atoms with E-state index in [2.05, 4.69) is 15.2 Å². The van der Waals surface area contributed by atoms with Gasteiger partial charge in [-0.05, 0) is 24.6 Å². The fourth-order valence-corrected chi connectivity index (χ4v) is 3.06. The summed E-state index contributed by atoms with van der Waals surface area (Å²) in [7, 11) is 0. The standard InChI is InChI=1S/C16H15F2N5O2/c1-9-20-15(25-21-9)11-7-22(8-11)16(24)23-14(2-3-19-23)10-4-12(17)6-13(18)5-10/h3-6,11,14H,2,7-8H2,1H3. The van der Waals surface area contributed by atoms with E-state index in [1.807, 2.05) is 0 Å². The number of aromatic nitrogens is 2. The van der Waals surface area contributed by atoms with Crippen molar-refractivity contribution < 1.29 is 18.1 Å². The molecule has 1 fully saturated rings. The molecule has 0 spiro atoms. The smallest absolute Gasteiger partial charge is 0.339 e. The molecule has 2 aliphatic rings. The Balaban J connectivity index is 1.46. The lowest BCUT2D eigenvalue weighted by Crippen LogP contribution is -2.52. The number of benzene rings is 1. The van der Waals surface area contributed by atoms with Crippen molar-refractivity contribution in [2.24, 2.45) is 5.10 Å². The summed E-state index contributed by atoms with van der Waals surface area (Å²) in [6.07, 6.45) is 1.98. The highest BCUT2D eigenvalue weighted by Gasteiger charge is 2.40. The van der Waals surface area contributed by atoms with E-state index in [1.54, 1.807) is 18.0 Å². The largest absolute Gasteiger partial charge is 0.341 e. The van der Waals surface area contributed by atoms with Crippen LogP contribution in [0.25, 0.3) is 0 Å². The summed E-state index contributed by atoms with van der Waals surface area (Å²) < 4.78 is 32.0. The van der Waals surface area contributed by atoms with Crippen LogP contribution in [0.4, 0.5) is 13.6 Å². The Morgan fingerprint density at radius 1 is 1.24 bits per heavy atom. The third-order valence-electron chi connectivity index (χ3n) is 4.34. The van der Waals surface area contributed by atoms with E-state index < -0.39 is 17.7 Å². The van der Waals surface area contributed by atoms with Gasteiger partial charge in [0.2, 0.25) is 5.89 Å². The SMILES string of the molecule is Cc1noc(C2CN(C(=O)N3N=CCC3c3cc(F)cc(F)c3)C2)n1. The number of urea groups is 1. The molecule has 1 saturated heterocycles. The van der Waals surface area contributed by atoms with Gasteiger partial charge in [-0.3, -0.25) is 0 Å². The van der Waals surface area contributed by atoms with E-state index in [0.29, 0.717) is 36.8 Å². The van der Waals surface area contributed by atoms with Gasteiger partial charge in [-0.25, -0.2) is 18.6 Å². The van der Waals surface area contributed by atoms with Crippen LogP contribution >= 0.6 is 0 Å². The van der Waals surface area contributed by atoms with Crippen molar-refractivity contribution in [1.29, 1.82) is 0 Å². The van der Waals surface area contributed by atoms with Gasteiger partial charge in [0, 0.05) is 31.8 Å². The highest BCUT2D eigenvalue weighted by atomic mass is 19.1. The van der Waals surface area contributed by atoms with Crippen LogP contribution in [0.2, 0.25) is 0 Å². The summed E-state index contributed by atoms with van der Waals surface area (Å²) in [4.78, 5) is 18.4. The van der Waals surface area contributed by atoms with Gasteiger partial charge in [0.25, 0.3) is 0 Å². The van der Waals surface area contributed by atoms with Gasteiger partial charge in [-0.1, -0.05) is 5.16 Å². The third-order valence-corrected chi connectivity index (χ3v) is 4.34. The van der Waals surface area contributed by atoms with Crippen molar-refractivity contribution in [3.8, 4) is 0 Å². The number of hydrogen-bond acceptors (Lipinski definition) is 5. The van der Waals surface area contributed by atoms with Gasteiger partial charge in [-0.15, -0.1) is 0 Å². The number of carbonyl (C=O) groups excluding carboxylic acids is 1. The molecule has 1 atom stereocenters. The molecule has 0 N–H and O–H groups in total. The minimum absolute atomic E-state index is 0.00166. The van der Waals surface area contributed by atoms with Gasteiger partial charge in [0.1, 0.15) is 11.6 Å². The van der Waals surface area contributed by atoms with Crippen LogP contribution < -0.4 is 0 Å². The number of hydrazone groups is 1. The van der Waals surface area contributed by atoms with Crippen molar-refractivity contribution >= 4 is 12.2 Å². The lowest BCUT2D eigenvalue weighted by atomic mass is 10.0. The number of hydrogen-bond donors (Lipinski definition) is 0. The van der Waals surface area contributed by atoms with Crippen molar-refractivity contribution in [3.63, 3.8) is 0 Å². The first kappa shape index (κ1) is 15.7. The summed E-state index contributed by atoms with van der Waals surface area (Å²) in [5, 5.41) is 9.09. The monoisotopic (exact) mass is 347 g/mol. The molecule has 0 saturated carbocycles. The molecule has 25 heavy (non-hydrogen) atoms. The molecule has 130 valence electrons. The van der Waals surface area contributed by atoms with E-state index in [0.717, 1.165) is 6.07 Å². The highest BCUT2D eigenvalue weighted by Crippen LogP contribution is 2.33. The molecular formula is C16H15F2N5O2. The lowest BCUT2D eigenvalue weighted by Gasteiger charge is -2.39. The number of amides is 2. The summed E-state index contributed by atoms with van der Waals surface area (Å²) >= 11 is 0. The average molecular weight is 347 g/mol. The zero-order valence-electron chi connectivity index (χ0n) is 13.4. The Morgan fingerprint density at radius 2 is 1.96 bits per heavy atom. The first-order chi connectivity index (χ1) is 12.0. The topological polar surface area (TPSA) is 74.8 Å². The number of nitrogens with zero attached hydrogens (tertiary/aromatic N) is 5. The Labute approximate surface area is 141 Å². The summed E-state index contributed by atoms with van der Waals surface area (Å²) in [5.41, 5.74) is 0.382. The van der Waals surface area contributed by atoms with Crippen LogP contribution in [0.5, 0.6) is 0 Å². The lowest BCUT2D eigenvalue weighted by molar-refractivity contribution is 0.0966. The molecule has 2 aromatic rings. The second kappa shape index (κ2) is 5.91. The highest BCUT2D eigenvalue weighted by molar-refractivity contribution is 5.79. The predicted molar refractivity (Wildman–Crippen MR) is 82.8 cm³/mol. The normalized spacial score (nSPS) is 20.2. The molecule has 2 aliphatic heterocycles. The molecule has 7 nitrogen and oxygen atoms in total. The molecule has 2 amide bonds. The molecule has 3 heterocycles. The van der Waals surface area contributed by atoms with Gasteiger partial charge in [-0.2, -0.15) is 10.1 Å². The predicted octanol–water partition coefficient (Wildman–Crippen LogP) is 2.61. The molecular weight excluding hydrogens is 332 g/mol. The summed E-state index contributed by atoms with van der Waals surface area (Å²) in [6.45, 7) is 2.61. The van der Waals surface area contributed by atoms with Crippen molar-refractivity contribution in [2.75, 3.05) is 13.1 Å². The molecule has 9 heteroatoms. The molecule has 4 rings (SSSR count). The minimum Gasteiger partial charge on any atom is -0.339 e. The number of likely N-dealkylation sites (tertiary alicyclic amines) is 1. The van der Waals surface area contributed by atoms with E-state index in [4.69, 9.17) is 4.52 Å². The van der Waals surface area contributed by atoms with E-state index in [1.165, 1.54) is 17.1 Å². The first-order valence-electron chi connectivity index (χ1n) is 7.88. The molecule has 0 radical (unpaired) electrons. The second-order valence-electron chi connectivity index (χ2n) is 6.16. The Bertz CT molecular complexity index is 827. The van der Waals surface area contributed by atoms with Crippen LogP contribution in [-0.2, 0) is 0 Å². The minimum atomic E-state index is -0.676. The Kier molecular flexibility index (Phi) is 3.70. The third kappa shape index (κ3) is 2.86. The average Bonchev–Trinajstić information content (AvgIpc) is 3.13. The second-order valence-corrected chi connectivity index (χ2v) is 6.16. The number of aryl methyl sites for hydroxylation is 1. The van der Waals surface area contributed by atoms with Gasteiger partial charge in [0.15, 0.2) is 5.82 Å². The van der Waals surface area contributed by atoms with Gasteiger partial charge < -0.3 is 9.42 Å². The van der Waals surface area contributed by atoms with Crippen LogP contribution in [0.1, 0.15) is 35.7 Å². The molecule has 0 aliphatic carbocycles. The molecule has 1 unspecified atom stereocenters. The number of carbonyl (C=O) groups is 1. The van der Waals surface area contributed by atoms with Gasteiger partial charge in [0.05, 0.1) is 12.0 Å². The van der Waals surface area contributed by atoms with Crippen molar-refractivity contribution in [3.05, 3.63) is 47.1 Å². The molecule has 0 bridgehead atoms. The number of rotatable bonds is 2. The van der Waals surface area contributed by atoms with Crippen LogP contribution in [0.3, 0.4) is 0 Å². The zero-order chi connectivity index (χ0) is 17.6. The Morgan fingerprint density at radius 3 is 2.60 bits per heavy atom. The van der Waals surface area contributed by atoms with Crippen LogP contribution in [0, 0.1) is 18.6 Å². The summed E-state index contributed by atoms with van der Waals surface area (Å²) in [6, 6.07) is 2.43. The fourth-order valence-electron chi connectivity index (χ4n) is 3.06. The Hall–Kier alpha value is -2.84. The maximum atomic E-state index is 13.5. The maximum Gasteiger partial charge on any atom is 0.341 e.